The number of amides is 1. The molecule has 1 N–H and O–H groups in total. The second-order valence-electron chi connectivity index (χ2n) is 7.58. The Kier molecular flexibility index (Phi) is 4.94. The van der Waals surface area contributed by atoms with Crippen LogP contribution in [0.1, 0.15) is 39.4 Å². The van der Waals surface area contributed by atoms with Gasteiger partial charge in [0.05, 0.1) is 0 Å². The van der Waals surface area contributed by atoms with Gasteiger partial charge >= 0.3 is 6.09 Å². The van der Waals surface area contributed by atoms with E-state index in [0.717, 1.165) is 30.6 Å². The number of pyridine rings is 1. The number of piperidine rings is 1. The van der Waals surface area contributed by atoms with E-state index >= 15 is 0 Å². The van der Waals surface area contributed by atoms with Crippen molar-refractivity contribution in [2.75, 3.05) is 13.1 Å². The molecular weight excluding hydrogens is 320 g/mol. The van der Waals surface area contributed by atoms with E-state index in [4.69, 9.17) is 4.74 Å². The number of aliphatic hydroxyl groups is 1. The van der Waals surface area contributed by atoms with Crippen LogP contribution in [0, 0.1) is 5.92 Å². The lowest BCUT2D eigenvalue weighted by Gasteiger charge is -2.34. The van der Waals surface area contributed by atoms with Crippen molar-refractivity contribution in [3.05, 3.63) is 24.2 Å². The minimum atomic E-state index is -0.488. The van der Waals surface area contributed by atoms with Crippen molar-refractivity contribution >= 4 is 17.3 Å². The van der Waals surface area contributed by atoms with Gasteiger partial charge in [-0.3, -0.25) is 0 Å². The lowest BCUT2D eigenvalue weighted by molar-refractivity contribution is 0.0157. The topological polar surface area (TPSA) is 80.5 Å². The van der Waals surface area contributed by atoms with Gasteiger partial charge in [0, 0.05) is 25.8 Å². The lowest BCUT2D eigenvalue weighted by atomic mass is 9.98. The van der Waals surface area contributed by atoms with E-state index in [-0.39, 0.29) is 18.6 Å². The highest BCUT2D eigenvalue weighted by Gasteiger charge is 2.28. The molecule has 136 valence electrons. The Morgan fingerprint density at radius 1 is 1.44 bits per heavy atom. The predicted molar refractivity (Wildman–Crippen MR) is 94.0 cm³/mol. The van der Waals surface area contributed by atoms with E-state index in [2.05, 4.69) is 9.97 Å². The highest BCUT2D eigenvalue weighted by molar-refractivity contribution is 5.71. The molecule has 25 heavy (non-hydrogen) atoms. The van der Waals surface area contributed by atoms with Gasteiger partial charge in [-0.2, -0.15) is 0 Å². The molecule has 0 aromatic carbocycles. The summed E-state index contributed by atoms with van der Waals surface area (Å²) in [5.74, 6) is 0.897. The van der Waals surface area contributed by atoms with Crippen LogP contribution in [0.3, 0.4) is 0 Å². The fourth-order valence-electron chi connectivity index (χ4n) is 3.28. The van der Waals surface area contributed by atoms with Gasteiger partial charge in [0.2, 0.25) is 0 Å². The Hall–Kier alpha value is -2.15. The highest BCUT2D eigenvalue weighted by atomic mass is 16.6. The zero-order chi connectivity index (χ0) is 18.0. The Morgan fingerprint density at radius 2 is 2.24 bits per heavy atom. The van der Waals surface area contributed by atoms with Crippen molar-refractivity contribution in [3.63, 3.8) is 0 Å². The predicted octanol–water partition coefficient (Wildman–Crippen LogP) is 2.57. The number of likely N-dealkylation sites (tertiary alicyclic amines) is 1. The number of hydrogen-bond donors (Lipinski definition) is 1. The summed E-state index contributed by atoms with van der Waals surface area (Å²) in [7, 11) is 0. The molecule has 3 heterocycles. The van der Waals surface area contributed by atoms with Gasteiger partial charge in [0.25, 0.3) is 0 Å². The van der Waals surface area contributed by atoms with Gasteiger partial charge in [-0.15, -0.1) is 0 Å². The monoisotopic (exact) mass is 346 g/mol. The second kappa shape index (κ2) is 7.00. The van der Waals surface area contributed by atoms with Crippen LogP contribution in [-0.4, -0.2) is 49.3 Å². The van der Waals surface area contributed by atoms with Gasteiger partial charge in [-0.1, -0.05) is 0 Å². The van der Waals surface area contributed by atoms with Crippen LogP contribution in [0.5, 0.6) is 0 Å². The number of imidazole rings is 1. The first kappa shape index (κ1) is 17.7. The van der Waals surface area contributed by atoms with Crippen LogP contribution in [0.15, 0.2) is 18.3 Å². The number of aliphatic hydroxyl groups excluding tert-OH is 1. The van der Waals surface area contributed by atoms with Crippen molar-refractivity contribution in [2.45, 2.75) is 52.4 Å². The molecule has 1 amide bonds. The lowest BCUT2D eigenvalue weighted by Crippen LogP contribution is -2.43. The molecule has 2 aromatic rings. The minimum absolute atomic E-state index is 0.126. The summed E-state index contributed by atoms with van der Waals surface area (Å²) < 4.78 is 7.46. The van der Waals surface area contributed by atoms with Crippen molar-refractivity contribution in [1.29, 1.82) is 0 Å². The van der Waals surface area contributed by atoms with E-state index < -0.39 is 5.60 Å². The quantitative estimate of drug-likeness (QED) is 0.924. The van der Waals surface area contributed by atoms with Crippen LogP contribution in [0.25, 0.3) is 11.2 Å². The fraction of sp³-hybridized carbons (Fsp3) is 0.611. The number of carbonyl (C=O) groups excluding carboxylic acids is 1. The zero-order valence-corrected chi connectivity index (χ0v) is 15.1. The molecule has 1 aliphatic rings. The van der Waals surface area contributed by atoms with E-state index in [0.29, 0.717) is 18.9 Å². The Balaban J connectivity index is 1.74. The molecule has 7 heteroatoms. The Bertz CT molecular complexity index is 750. The van der Waals surface area contributed by atoms with Gasteiger partial charge in [0.1, 0.15) is 23.5 Å². The molecule has 0 radical (unpaired) electrons. The molecule has 0 saturated carbocycles. The molecule has 0 spiro atoms. The van der Waals surface area contributed by atoms with Gasteiger partial charge in [-0.05, 0) is 51.7 Å². The summed E-state index contributed by atoms with van der Waals surface area (Å²) >= 11 is 0. The van der Waals surface area contributed by atoms with Crippen LogP contribution in [-0.2, 0) is 17.9 Å². The molecule has 7 nitrogen and oxygen atoms in total. The molecule has 0 aliphatic carbocycles. The summed E-state index contributed by atoms with van der Waals surface area (Å²) in [5.41, 5.74) is 1.07. The summed E-state index contributed by atoms with van der Waals surface area (Å²) in [6, 6.07) is 3.73. The maximum atomic E-state index is 12.3. The average molecular weight is 346 g/mol. The summed E-state index contributed by atoms with van der Waals surface area (Å²) in [6.07, 6.45) is 3.44. The number of fused-ring (bicyclic) bond motifs is 1. The second-order valence-corrected chi connectivity index (χ2v) is 7.58. The molecule has 0 unspecified atom stereocenters. The number of nitrogens with zero attached hydrogens (tertiary/aromatic N) is 4. The number of aromatic nitrogens is 3. The van der Waals surface area contributed by atoms with Crippen molar-refractivity contribution in [1.82, 2.24) is 19.4 Å². The first-order valence-corrected chi connectivity index (χ1v) is 8.76. The van der Waals surface area contributed by atoms with Crippen molar-refractivity contribution in [2.24, 2.45) is 5.92 Å². The smallest absolute Gasteiger partial charge is 0.410 e. The normalized spacial score (nSPS) is 18.6. The van der Waals surface area contributed by atoms with E-state index in [9.17, 15) is 9.90 Å². The number of carbonyl (C=O) groups is 1. The zero-order valence-electron chi connectivity index (χ0n) is 15.1. The third-order valence-electron chi connectivity index (χ3n) is 4.34. The van der Waals surface area contributed by atoms with E-state index in [1.165, 1.54) is 0 Å². The largest absolute Gasteiger partial charge is 0.444 e. The highest BCUT2D eigenvalue weighted by Crippen LogP contribution is 2.23. The molecule has 3 rings (SSSR count). The van der Waals surface area contributed by atoms with E-state index in [1.807, 2.05) is 37.5 Å². The Labute approximate surface area is 147 Å². The van der Waals surface area contributed by atoms with Crippen LogP contribution >= 0.6 is 0 Å². The SMILES string of the molecule is CC(C)(C)OC(=O)N1CCC[C@@H](Cn2c(CO)nc3cccnc32)C1. The summed E-state index contributed by atoms with van der Waals surface area (Å²) in [6.45, 7) is 7.56. The summed E-state index contributed by atoms with van der Waals surface area (Å²) in [4.78, 5) is 23.0. The molecule has 0 bridgehead atoms. The molecule has 2 aromatic heterocycles. The molecular formula is C18H26N4O3. The molecule has 1 saturated heterocycles. The molecule has 1 atom stereocenters. The first-order chi connectivity index (χ1) is 11.9. The minimum Gasteiger partial charge on any atom is -0.444 e. The van der Waals surface area contributed by atoms with Gasteiger partial charge < -0.3 is 19.3 Å². The maximum Gasteiger partial charge on any atom is 0.410 e. The fourth-order valence-corrected chi connectivity index (χ4v) is 3.28. The number of ether oxygens (including phenoxy) is 1. The average Bonchev–Trinajstić information content (AvgIpc) is 2.91. The van der Waals surface area contributed by atoms with Crippen LogP contribution in [0.2, 0.25) is 0 Å². The van der Waals surface area contributed by atoms with Crippen LogP contribution < -0.4 is 0 Å². The van der Waals surface area contributed by atoms with Gasteiger partial charge in [0.15, 0.2) is 5.65 Å². The maximum absolute atomic E-state index is 12.3. The van der Waals surface area contributed by atoms with Gasteiger partial charge in [-0.25, -0.2) is 14.8 Å². The standard InChI is InChI=1S/C18H26N4O3/c1-18(2,3)25-17(24)21-9-5-6-13(10-21)11-22-15(12-23)20-14-7-4-8-19-16(14)22/h4,7-8,13,23H,5-6,9-12H2,1-3H3/t13-/m1/s1. The first-order valence-electron chi connectivity index (χ1n) is 8.76. The third kappa shape index (κ3) is 4.10. The molecule has 1 aliphatic heterocycles. The number of rotatable bonds is 3. The van der Waals surface area contributed by atoms with Crippen LogP contribution in [0.4, 0.5) is 4.79 Å². The summed E-state index contributed by atoms with van der Waals surface area (Å²) in [5, 5.41) is 9.62. The Morgan fingerprint density at radius 3 is 2.96 bits per heavy atom. The third-order valence-corrected chi connectivity index (χ3v) is 4.34. The van der Waals surface area contributed by atoms with Crippen molar-refractivity contribution in [3.8, 4) is 0 Å². The molecule has 1 fully saturated rings. The van der Waals surface area contributed by atoms with Crippen molar-refractivity contribution < 1.29 is 14.6 Å². The van der Waals surface area contributed by atoms with E-state index in [1.54, 1.807) is 11.1 Å². The number of hydrogen-bond acceptors (Lipinski definition) is 5.